The molecule has 0 fully saturated rings. The van der Waals surface area contributed by atoms with Gasteiger partial charge in [-0.3, -0.25) is 4.79 Å². The Morgan fingerprint density at radius 2 is 0.684 bits per heavy atom. The minimum Gasteiger partial charge on any atom is -0.394 e. The Morgan fingerprint density at radius 3 is 1.02 bits per heavy atom. The third-order valence-electron chi connectivity index (χ3n) is 11.9. The van der Waals surface area contributed by atoms with E-state index in [-0.39, 0.29) is 12.5 Å². The molecule has 336 valence electrons. The fourth-order valence-electron chi connectivity index (χ4n) is 7.92. The summed E-state index contributed by atoms with van der Waals surface area (Å²) >= 11 is 0. The Morgan fingerprint density at radius 1 is 0.404 bits per heavy atom. The Bertz CT molecular complexity index is 866. The third-order valence-corrected chi connectivity index (χ3v) is 11.9. The summed E-state index contributed by atoms with van der Waals surface area (Å²) in [6, 6.07) is -0.643. The summed E-state index contributed by atoms with van der Waals surface area (Å²) in [7, 11) is 0. The van der Waals surface area contributed by atoms with Crippen LogP contribution >= 0.6 is 0 Å². The van der Waals surface area contributed by atoms with E-state index in [1.54, 1.807) is 6.08 Å². The molecule has 2 atom stereocenters. The zero-order valence-electron chi connectivity index (χ0n) is 38.6. The minimum absolute atomic E-state index is 0.0746. The van der Waals surface area contributed by atoms with Crippen LogP contribution in [0.5, 0.6) is 0 Å². The van der Waals surface area contributed by atoms with Gasteiger partial charge in [-0.2, -0.15) is 0 Å². The molecule has 0 heterocycles. The van der Waals surface area contributed by atoms with E-state index in [0.717, 1.165) is 38.5 Å². The zero-order valence-corrected chi connectivity index (χ0v) is 38.6. The first-order chi connectivity index (χ1) is 28.2. The summed E-state index contributed by atoms with van der Waals surface area (Å²) in [5.41, 5.74) is 0. The summed E-state index contributed by atoms with van der Waals surface area (Å²) in [6.45, 7) is 4.32. The maximum Gasteiger partial charge on any atom is 0.220 e. The monoisotopic (exact) mass is 800 g/mol. The molecule has 0 bridgehead atoms. The molecular formula is C53H101NO3. The average Bonchev–Trinajstić information content (AvgIpc) is 3.22. The number of aliphatic hydroxyl groups excluding tert-OH is 2. The molecule has 0 rings (SSSR count). The van der Waals surface area contributed by atoms with Gasteiger partial charge >= 0.3 is 0 Å². The van der Waals surface area contributed by atoms with Crippen LogP contribution in [0, 0.1) is 0 Å². The molecule has 57 heavy (non-hydrogen) atoms. The highest BCUT2D eigenvalue weighted by Crippen LogP contribution is 2.16. The fourth-order valence-corrected chi connectivity index (χ4v) is 7.92. The van der Waals surface area contributed by atoms with Crippen molar-refractivity contribution in [3.05, 3.63) is 36.5 Å². The number of hydrogen-bond donors (Lipinski definition) is 3. The second-order valence-corrected chi connectivity index (χ2v) is 17.6. The van der Waals surface area contributed by atoms with Gasteiger partial charge in [0.1, 0.15) is 0 Å². The molecule has 0 aliphatic rings. The van der Waals surface area contributed by atoms with E-state index >= 15 is 0 Å². The number of allylic oxidation sites excluding steroid dienone is 5. The Kier molecular flexibility index (Phi) is 47.8. The summed E-state index contributed by atoms with van der Waals surface area (Å²) in [5.74, 6) is -0.0746. The van der Waals surface area contributed by atoms with E-state index in [4.69, 9.17) is 0 Å². The normalized spacial score (nSPS) is 13.1. The predicted octanol–water partition coefficient (Wildman–Crippen LogP) is 16.5. The zero-order chi connectivity index (χ0) is 41.4. The molecule has 0 aromatic heterocycles. The molecular weight excluding hydrogens is 699 g/mol. The highest BCUT2D eigenvalue weighted by molar-refractivity contribution is 5.76. The summed E-state index contributed by atoms with van der Waals surface area (Å²) in [4.78, 5) is 12.4. The highest BCUT2D eigenvalue weighted by atomic mass is 16.3. The van der Waals surface area contributed by atoms with E-state index in [1.807, 2.05) is 6.08 Å². The van der Waals surface area contributed by atoms with Crippen LogP contribution in [0.4, 0.5) is 0 Å². The topological polar surface area (TPSA) is 69.6 Å². The van der Waals surface area contributed by atoms with Gasteiger partial charge in [0, 0.05) is 6.42 Å². The number of hydrogen-bond acceptors (Lipinski definition) is 3. The third kappa shape index (κ3) is 45.5. The lowest BCUT2D eigenvalue weighted by atomic mass is 10.0. The molecule has 2 unspecified atom stereocenters. The number of rotatable bonds is 47. The number of nitrogens with one attached hydrogen (secondary N) is 1. The van der Waals surface area contributed by atoms with Crippen LogP contribution in [-0.2, 0) is 4.79 Å². The number of carbonyl (C=O) groups excluding carboxylic acids is 1. The lowest BCUT2D eigenvalue weighted by Crippen LogP contribution is -2.45. The van der Waals surface area contributed by atoms with E-state index in [0.29, 0.717) is 6.42 Å². The largest absolute Gasteiger partial charge is 0.394 e. The molecule has 0 saturated heterocycles. The van der Waals surface area contributed by atoms with Crippen molar-refractivity contribution in [2.24, 2.45) is 0 Å². The highest BCUT2D eigenvalue weighted by Gasteiger charge is 2.17. The van der Waals surface area contributed by atoms with Gasteiger partial charge in [0.2, 0.25) is 5.91 Å². The van der Waals surface area contributed by atoms with Gasteiger partial charge in [-0.1, -0.05) is 262 Å². The quantitative estimate of drug-likeness (QED) is 0.0424. The van der Waals surface area contributed by atoms with E-state index < -0.39 is 12.1 Å². The first-order valence-electron chi connectivity index (χ1n) is 25.7. The number of amides is 1. The maximum absolute atomic E-state index is 12.4. The molecule has 4 nitrogen and oxygen atoms in total. The van der Waals surface area contributed by atoms with Crippen molar-refractivity contribution in [3.8, 4) is 0 Å². The van der Waals surface area contributed by atoms with Gasteiger partial charge in [-0.15, -0.1) is 0 Å². The van der Waals surface area contributed by atoms with E-state index in [1.165, 1.54) is 218 Å². The van der Waals surface area contributed by atoms with Gasteiger partial charge in [-0.05, 0) is 44.9 Å². The first kappa shape index (κ1) is 55.6. The summed E-state index contributed by atoms with van der Waals surface area (Å²) < 4.78 is 0. The van der Waals surface area contributed by atoms with Crippen LogP contribution in [-0.4, -0.2) is 34.9 Å². The van der Waals surface area contributed by atoms with Gasteiger partial charge in [0.25, 0.3) is 0 Å². The van der Waals surface area contributed by atoms with Crippen molar-refractivity contribution in [1.29, 1.82) is 0 Å². The number of unbranched alkanes of at least 4 members (excludes halogenated alkanes) is 36. The van der Waals surface area contributed by atoms with Crippen molar-refractivity contribution in [1.82, 2.24) is 5.32 Å². The van der Waals surface area contributed by atoms with Crippen LogP contribution in [0.1, 0.15) is 277 Å². The van der Waals surface area contributed by atoms with Gasteiger partial charge < -0.3 is 15.5 Å². The average molecular weight is 800 g/mol. The summed E-state index contributed by atoms with van der Waals surface area (Å²) in [5, 5.41) is 23.1. The van der Waals surface area contributed by atoms with Crippen LogP contribution < -0.4 is 5.32 Å². The molecule has 4 heteroatoms. The minimum atomic E-state index is -0.868. The smallest absolute Gasteiger partial charge is 0.220 e. The van der Waals surface area contributed by atoms with Crippen LogP contribution in [0.2, 0.25) is 0 Å². The molecule has 3 N–H and O–H groups in total. The second-order valence-electron chi connectivity index (χ2n) is 17.6. The molecule has 0 aliphatic carbocycles. The Balaban J connectivity index is 3.55. The van der Waals surface area contributed by atoms with Crippen molar-refractivity contribution < 1.29 is 15.0 Å². The van der Waals surface area contributed by atoms with Crippen LogP contribution in [0.3, 0.4) is 0 Å². The molecule has 0 radical (unpaired) electrons. The van der Waals surface area contributed by atoms with Crippen molar-refractivity contribution >= 4 is 5.91 Å². The van der Waals surface area contributed by atoms with Crippen LogP contribution in [0.15, 0.2) is 36.5 Å². The van der Waals surface area contributed by atoms with Gasteiger partial charge in [0.05, 0.1) is 18.8 Å². The second kappa shape index (κ2) is 49.0. The Hall–Kier alpha value is -1.39. The molecule has 0 aromatic rings. The standard InChI is InChI=1S/C53H101NO3/c1-3-5-7-9-11-13-15-17-19-21-22-23-24-25-26-27-28-29-30-31-32-33-34-36-38-40-42-44-46-48-52(56)51(50-55)54-53(57)49-47-45-43-41-39-37-35-20-18-16-14-12-10-8-6-4-2/h32-33,38,40,46,48,51-52,55-56H,3-31,34-37,39,41-45,47,49-50H2,1-2H3,(H,54,57)/b33-32+,40-38+,48-46+. The Labute approximate surface area is 357 Å². The van der Waals surface area contributed by atoms with E-state index in [9.17, 15) is 15.0 Å². The summed E-state index contributed by atoms with van der Waals surface area (Å²) in [6.07, 6.45) is 65.8. The molecule has 0 spiro atoms. The van der Waals surface area contributed by atoms with Gasteiger partial charge in [-0.25, -0.2) is 0 Å². The molecule has 0 saturated carbocycles. The first-order valence-corrected chi connectivity index (χ1v) is 25.7. The molecule has 0 aliphatic heterocycles. The van der Waals surface area contributed by atoms with Crippen molar-refractivity contribution in [2.45, 2.75) is 289 Å². The maximum atomic E-state index is 12.4. The van der Waals surface area contributed by atoms with Crippen LogP contribution in [0.25, 0.3) is 0 Å². The van der Waals surface area contributed by atoms with E-state index in [2.05, 4.69) is 43.5 Å². The molecule has 0 aromatic carbocycles. The SMILES string of the molecule is CCCCCCCCCCCCCCCCCCCCC/C=C/CC/C=C/CC/C=C/C(O)C(CO)NC(=O)CCCCCCCCCCCCCCCCCC. The van der Waals surface area contributed by atoms with Gasteiger partial charge in [0.15, 0.2) is 0 Å². The van der Waals surface area contributed by atoms with Crippen molar-refractivity contribution in [3.63, 3.8) is 0 Å². The number of aliphatic hydroxyl groups is 2. The lowest BCUT2D eigenvalue weighted by molar-refractivity contribution is -0.123. The fraction of sp³-hybridized carbons (Fsp3) is 0.868. The lowest BCUT2D eigenvalue weighted by Gasteiger charge is -2.19. The predicted molar refractivity (Wildman–Crippen MR) is 253 cm³/mol. The number of carbonyl (C=O) groups is 1. The van der Waals surface area contributed by atoms with Crippen molar-refractivity contribution in [2.75, 3.05) is 6.61 Å². The molecule has 1 amide bonds.